The molecule has 6 nitrogen and oxygen atoms in total. The van der Waals surface area contributed by atoms with Gasteiger partial charge in [0, 0.05) is 12.6 Å². The number of para-hydroxylation sites is 2. The van der Waals surface area contributed by atoms with Gasteiger partial charge in [0.05, 0.1) is 29.4 Å². The van der Waals surface area contributed by atoms with E-state index in [9.17, 15) is 9.59 Å². The number of hydrogen-bond donors (Lipinski definition) is 1. The number of ether oxygens (including phenoxy) is 2. The monoisotopic (exact) mass is 394 g/mol. The second-order valence-corrected chi connectivity index (χ2v) is 6.39. The van der Waals surface area contributed by atoms with Crippen LogP contribution in [-0.2, 0) is 4.79 Å². The van der Waals surface area contributed by atoms with E-state index in [0.717, 1.165) is 0 Å². The summed E-state index contributed by atoms with van der Waals surface area (Å²) in [5, 5.41) is 3.00. The van der Waals surface area contributed by atoms with Gasteiger partial charge in [-0.25, -0.2) is 0 Å². The maximum absolute atomic E-state index is 13.1. The Morgan fingerprint density at radius 1 is 1.23 bits per heavy atom. The van der Waals surface area contributed by atoms with Gasteiger partial charge >= 0.3 is 0 Å². The lowest BCUT2D eigenvalue weighted by Gasteiger charge is -2.34. The Bertz CT molecular complexity index is 849. The molecule has 1 aliphatic heterocycles. The van der Waals surface area contributed by atoms with Crippen LogP contribution in [0.2, 0.25) is 10.0 Å². The van der Waals surface area contributed by atoms with Crippen molar-refractivity contribution in [1.82, 2.24) is 5.32 Å². The number of nitrogens with one attached hydrogen (secondary N) is 1. The highest BCUT2D eigenvalue weighted by Crippen LogP contribution is 2.37. The Hall–Kier alpha value is -2.44. The van der Waals surface area contributed by atoms with Gasteiger partial charge in [0.25, 0.3) is 11.8 Å². The molecule has 26 heavy (non-hydrogen) atoms. The summed E-state index contributed by atoms with van der Waals surface area (Å²) in [7, 11) is 2.96. The number of fused-ring (bicyclic) bond motifs is 1. The lowest BCUT2D eigenvalue weighted by molar-refractivity contribution is -0.127. The molecule has 3 rings (SSSR count). The van der Waals surface area contributed by atoms with Crippen LogP contribution in [0.15, 0.2) is 36.4 Å². The van der Waals surface area contributed by atoms with Gasteiger partial charge in [-0.1, -0.05) is 35.3 Å². The van der Waals surface area contributed by atoms with Crippen LogP contribution in [0, 0.1) is 0 Å². The zero-order valence-electron chi connectivity index (χ0n) is 14.1. The first kappa shape index (κ1) is 18.4. The van der Waals surface area contributed by atoms with E-state index in [2.05, 4.69) is 5.32 Å². The zero-order valence-corrected chi connectivity index (χ0v) is 15.6. The van der Waals surface area contributed by atoms with Crippen molar-refractivity contribution in [2.75, 3.05) is 25.6 Å². The molecular weight excluding hydrogens is 379 g/mol. The summed E-state index contributed by atoms with van der Waals surface area (Å²) in [6, 6.07) is 9.99. The Balaban J connectivity index is 2.01. The van der Waals surface area contributed by atoms with Gasteiger partial charge in [-0.15, -0.1) is 0 Å². The van der Waals surface area contributed by atoms with Crippen LogP contribution >= 0.6 is 23.2 Å². The van der Waals surface area contributed by atoms with Crippen LogP contribution < -0.4 is 19.7 Å². The van der Waals surface area contributed by atoms with Gasteiger partial charge in [0.2, 0.25) is 0 Å². The maximum atomic E-state index is 13.1. The highest BCUT2D eigenvalue weighted by Gasteiger charge is 2.34. The van der Waals surface area contributed by atoms with Crippen molar-refractivity contribution in [3.05, 3.63) is 52.0 Å². The standard InChI is InChI=1S/C18H16Cl2N2O4/c1-21-17(23)15-9-22(13-5-3-4-6-14(13)26-15)18(24)10-7-11(19)16(25-2)12(20)8-10/h3-8,15H,9H2,1-2H3,(H,21,23)/t15-/m1/s1. The summed E-state index contributed by atoms with van der Waals surface area (Å²) in [5.74, 6) is 0.0890. The summed E-state index contributed by atoms with van der Waals surface area (Å²) in [4.78, 5) is 26.6. The third kappa shape index (κ3) is 3.30. The molecular formula is C18H16Cl2N2O4. The van der Waals surface area contributed by atoms with Crippen molar-refractivity contribution in [1.29, 1.82) is 0 Å². The molecule has 1 atom stereocenters. The minimum atomic E-state index is -0.817. The van der Waals surface area contributed by atoms with Gasteiger partial charge in [-0.3, -0.25) is 9.59 Å². The number of anilines is 1. The first-order valence-electron chi connectivity index (χ1n) is 7.78. The number of rotatable bonds is 3. The molecule has 0 saturated carbocycles. The molecule has 136 valence electrons. The van der Waals surface area contributed by atoms with E-state index < -0.39 is 6.10 Å². The van der Waals surface area contributed by atoms with E-state index >= 15 is 0 Å². The predicted molar refractivity (Wildman–Crippen MR) is 99.6 cm³/mol. The smallest absolute Gasteiger partial charge is 0.262 e. The second kappa shape index (κ2) is 7.43. The zero-order chi connectivity index (χ0) is 18.8. The molecule has 0 aliphatic carbocycles. The van der Waals surface area contributed by atoms with Crippen molar-refractivity contribution in [2.24, 2.45) is 0 Å². The first-order chi connectivity index (χ1) is 12.5. The predicted octanol–water partition coefficient (Wildman–Crippen LogP) is 3.16. The molecule has 1 aliphatic rings. The van der Waals surface area contributed by atoms with Crippen molar-refractivity contribution in [2.45, 2.75) is 6.10 Å². The summed E-state index contributed by atoms with van der Waals surface area (Å²) in [6.45, 7) is 0.0663. The molecule has 0 aromatic heterocycles. The molecule has 2 aromatic carbocycles. The minimum Gasteiger partial charge on any atom is -0.494 e. The maximum Gasteiger partial charge on any atom is 0.262 e. The largest absolute Gasteiger partial charge is 0.494 e. The topological polar surface area (TPSA) is 67.9 Å². The Morgan fingerprint density at radius 2 is 1.88 bits per heavy atom. The normalized spacial score (nSPS) is 15.7. The highest BCUT2D eigenvalue weighted by molar-refractivity contribution is 6.37. The molecule has 8 heteroatoms. The average molecular weight is 395 g/mol. The lowest BCUT2D eigenvalue weighted by Crippen LogP contribution is -2.50. The fourth-order valence-corrected chi connectivity index (χ4v) is 3.40. The number of nitrogens with zero attached hydrogens (tertiary/aromatic N) is 1. The Kier molecular flexibility index (Phi) is 5.25. The van der Waals surface area contributed by atoms with Crippen LogP contribution in [0.3, 0.4) is 0 Å². The quantitative estimate of drug-likeness (QED) is 0.867. The van der Waals surface area contributed by atoms with Crippen molar-refractivity contribution in [3.8, 4) is 11.5 Å². The van der Waals surface area contributed by atoms with E-state index in [-0.39, 0.29) is 34.0 Å². The molecule has 0 radical (unpaired) electrons. The van der Waals surface area contributed by atoms with E-state index in [1.807, 2.05) is 0 Å². The summed E-state index contributed by atoms with van der Waals surface area (Å²) < 4.78 is 10.8. The lowest BCUT2D eigenvalue weighted by atomic mass is 10.1. The fourth-order valence-electron chi connectivity index (χ4n) is 2.76. The van der Waals surface area contributed by atoms with E-state index in [4.69, 9.17) is 32.7 Å². The number of likely N-dealkylation sites (N-methyl/N-ethyl adjacent to an activating group) is 1. The number of halogens is 2. The van der Waals surface area contributed by atoms with Crippen LogP contribution in [0.1, 0.15) is 10.4 Å². The summed E-state index contributed by atoms with van der Waals surface area (Å²) >= 11 is 12.3. The number of hydrogen-bond acceptors (Lipinski definition) is 4. The average Bonchev–Trinajstić information content (AvgIpc) is 2.65. The Morgan fingerprint density at radius 3 is 2.50 bits per heavy atom. The van der Waals surface area contributed by atoms with Gasteiger partial charge in [0.15, 0.2) is 11.9 Å². The number of amides is 2. The van der Waals surface area contributed by atoms with Crippen molar-refractivity contribution >= 4 is 40.7 Å². The molecule has 1 heterocycles. The van der Waals surface area contributed by atoms with Gasteiger partial charge in [-0.05, 0) is 24.3 Å². The molecule has 0 spiro atoms. The van der Waals surface area contributed by atoms with E-state index in [1.54, 1.807) is 24.3 Å². The number of carbonyl (C=O) groups excluding carboxylic acids is 2. The van der Waals surface area contributed by atoms with Crippen molar-refractivity contribution in [3.63, 3.8) is 0 Å². The SMILES string of the molecule is CNC(=O)[C@H]1CN(C(=O)c2cc(Cl)c(OC)c(Cl)c2)c2ccccc2O1. The second-order valence-electron chi connectivity index (χ2n) is 5.58. The number of carbonyl (C=O) groups is 2. The van der Waals surface area contributed by atoms with Gasteiger partial charge in [0.1, 0.15) is 5.75 Å². The van der Waals surface area contributed by atoms with E-state index in [1.165, 1.54) is 31.2 Å². The van der Waals surface area contributed by atoms with Gasteiger partial charge < -0.3 is 19.7 Å². The minimum absolute atomic E-state index is 0.0663. The van der Waals surface area contributed by atoms with Crippen LogP contribution in [-0.4, -0.2) is 38.6 Å². The van der Waals surface area contributed by atoms with Crippen molar-refractivity contribution < 1.29 is 19.1 Å². The number of benzene rings is 2. The van der Waals surface area contributed by atoms with Crippen LogP contribution in [0.4, 0.5) is 5.69 Å². The number of methoxy groups -OCH3 is 1. The highest BCUT2D eigenvalue weighted by atomic mass is 35.5. The van der Waals surface area contributed by atoms with Crippen LogP contribution in [0.5, 0.6) is 11.5 Å². The van der Waals surface area contributed by atoms with Gasteiger partial charge in [-0.2, -0.15) is 0 Å². The third-order valence-corrected chi connectivity index (χ3v) is 4.57. The molecule has 0 bridgehead atoms. The van der Waals surface area contributed by atoms with Crippen LogP contribution in [0.25, 0.3) is 0 Å². The first-order valence-corrected chi connectivity index (χ1v) is 8.54. The third-order valence-electron chi connectivity index (χ3n) is 4.01. The summed E-state index contributed by atoms with van der Waals surface area (Å²) in [5.41, 5.74) is 0.855. The van der Waals surface area contributed by atoms with E-state index in [0.29, 0.717) is 17.2 Å². The fraction of sp³-hybridized carbons (Fsp3) is 0.222. The summed E-state index contributed by atoms with van der Waals surface area (Å²) in [6.07, 6.45) is -0.817. The molecule has 0 unspecified atom stereocenters. The molecule has 0 fully saturated rings. The molecule has 0 saturated heterocycles. The molecule has 1 N–H and O–H groups in total. The molecule has 2 amide bonds. The molecule has 2 aromatic rings. The Labute approximate surface area is 160 Å².